The Morgan fingerprint density at radius 2 is 2.06 bits per heavy atom. The molecular weight excluding hydrogens is 210 g/mol. The van der Waals surface area contributed by atoms with Crippen LogP contribution in [0.15, 0.2) is 0 Å². The van der Waals surface area contributed by atoms with E-state index in [0.29, 0.717) is 19.5 Å². The molecule has 0 spiro atoms. The first-order valence-corrected chi connectivity index (χ1v) is 5.46. The number of hydrogen-bond acceptors (Lipinski definition) is 3. The Morgan fingerprint density at radius 3 is 2.56 bits per heavy atom. The zero-order valence-electron chi connectivity index (χ0n) is 10.0. The van der Waals surface area contributed by atoms with E-state index in [1.165, 1.54) is 7.11 Å². The highest BCUT2D eigenvalue weighted by Crippen LogP contribution is 2.21. The molecule has 1 atom stereocenters. The number of carboxylic acids is 1. The van der Waals surface area contributed by atoms with Gasteiger partial charge in [0.2, 0.25) is 0 Å². The van der Waals surface area contributed by atoms with E-state index in [4.69, 9.17) is 9.84 Å². The van der Waals surface area contributed by atoms with Crippen molar-refractivity contribution >= 4 is 11.9 Å². The minimum atomic E-state index is -0.875. The van der Waals surface area contributed by atoms with Crippen LogP contribution in [0.4, 0.5) is 0 Å². The van der Waals surface area contributed by atoms with E-state index < -0.39 is 17.5 Å². The maximum atomic E-state index is 12.0. The second-order valence-corrected chi connectivity index (χ2v) is 4.64. The van der Waals surface area contributed by atoms with Crippen molar-refractivity contribution < 1.29 is 19.4 Å². The molecule has 0 aliphatic carbocycles. The predicted molar refractivity (Wildman–Crippen MR) is 58.0 cm³/mol. The Hall–Kier alpha value is -1.10. The van der Waals surface area contributed by atoms with E-state index in [0.717, 1.165) is 6.42 Å². The number of carbonyl (C=O) groups excluding carboxylic acids is 1. The van der Waals surface area contributed by atoms with Crippen LogP contribution in [-0.2, 0) is 14.3 Å². The van der Waals surface area contributed by atoms with Crippen LogP contribution >= 0.6 is 0 Å². The highest BCUT2D eigenvalue weighted by atomic mass is 16.5. The van der Waals surface area contributed by atoms with Crippen LogP contribution in [0, 0.1) is 5.92 Å². The van der Waals surface area contributed by atoms with Gasteiger partial charge >= 0.3 is 5.97 Å². The molecule has 1 fully saturated rings. The molecule has 1 aliphatic heterocycles. The van der Waals surface area contributed by atoms with Gasteiger partial charge in [-0.2, -0.15) is 0 Å². The second-order valence-electron chi connectivity index (χ2n) is 4.64. The number of likely N-dealkylation sites (tertiary alicyclic amines) is 1. The monoisotopic (exact) mass is 229 g/mol. The molecule has 1 aliphatic rings. The summed E-state index contributed by atoms with van der Waals surface area (Å²) in [7, 11) is 1.48. The third-order valence-electron chi connectivity index (χ3n) is 3.08. The molecule has 0 bridgehead atoms. The summed E-state index contributed by atoms with van der Waals surface area (Å²) >= 11 is 0. The molecular formula is C11H19NO4. The van der Waals surface area contributed by atoms with Crippen molar-refractivity contribution in [2.75, 3.05) is 20.2 Å². The van der Waals surface area contributed by atoms with Crippen LogP contribution in [0.25, 0.3) is 0 Å². The molecule has 0 saturated carbocycles. The number of carboxylic acid groups (broad SMARTS) is 1. The molecule has 0 aromatic carbocycles. The standard InChI is InChI=1S/C11H19NO4/c1-11(2,16-3)10(15)12-6-4-5-8(7-12)9(13)14/h8H,4-7H2,1-3H3,(H,13,14). The molecule has 1 saturated heterocycles. The van der Waals surface area contributed by atoms with Crippen LogP contribution < -0.4 is 0 Å². The Morgan fingerprint density at radius 1 is 1.44 bits per heavy atom. The van der Waals surface area contributed by atoms with E-state index in [1.54, 1.807) is 18.7 Å². The van der Waals surface area contributed by atoms with Gasteiger partial charge < -0.3 is 14.7 Å². The van der Waals surface area contributed by atoms with Gasteiger partial charge in [0, 0.05) is 20.2 Å². The Bertz CT molecular complexity index is 288. The summed E-state index contributed by atoms with van der Waals surface area (Å²) in [5, 5.41) is 8.93. The van der Waals surface area contributed by atoms with Gasteiger partial charge in [-0.15, -0.1) is 0 Å². The molecule has 0 aromatic rings. The predicted octanol–water partition coefficient (Wildman–Crippen LogP) is 0.735. The summed E-state index contributed by atoms with van der Waals surface area (Å²) in [6, 6.07) is 0. The number of nitrogens with zero attached hydrogens (tertiary/aromatic N) is 1. The summed E-state index contributed by atoms with van der Waals surface area (Å²) in [6.07, 6.45) is 1.38. The topological polar surface area (TPSA) is 66.8 Å². The van der Waals surface area contributed by atoms with Crippen LogP contribution in [-0.4, -0.2) is 47.7 Å². The fraction of sp³-hybridized carbons (Fsp3) is 0.818. The van der Waals surface area contributed by atoms with E-state index >= 15 is 0 Å². The molecule has 1 N–H and O–H groups in total. The van der Waals surface area contributed by atoms with E-state index in [1.807, 2.05) is 0 Å². The van der Waals surface area contributed by atoms with E-state index in [-0.39, 0.29) is 5.91 Å². The van der Waals surface area contributed by atoms with Gasteiger partial charge in [0.25, 0.3) is 5.91 Å². The first kappa shape index (κ1) is 13.0. The van der Waals surface area contributed by atoms with Gasteiger partial charge in [-0.25, -0.2) is 0 Å². The zero-order valence-corrected chi connectivity index (χ0v) is 10.0. The molecule has 0 aromatic heterocycles. The molecule has 1 rings (SSSR count). The molecule has 1 heterocycles. The van der Waals surface area contributed by atoms with Gasteiger partial charge in [-0.3, -0.25) is 9.59 Å². The maximum Gasteiger partial charge on any atom is 0.308 e. The minimum Gasteiger partial charge on any atom is -0.481 e. The minimum absolute atomic E-state index is 0.138. The third kappa shape index (κ3) is 2.72. The molecule has 0 radical (unpaired) electrons. The zero-order chi connectivity index (χ0) is 12.3. The van der Waals surface area contributed by atoms with Crippen molar-refractivity contribution in [3.8, 4) is 0 Å². The number of amides is 1. The second kappa shape index (κ2) is 4.82. The molecule has 92 valence electrons. The summed E-state index contributed by atoms with van der Waals surface area (Å²) in [4.78, 5) is 24.5. The molecule has 5 heteroatoms. The lowest BCUT2D eigenvalue weighted by molar-refractivity contribution is -0.155. The van der Waals surface area contributed by atoms with Crippen LogP contribution in [0.2, 0.25) is 0 Å². The lowest BCUT2D eigenvalue weighted by Gasteiger charge is -2.35. The van der Waals surface area contributed by atoms with Crippen molar-refractivity contribution in [2.24, 2.45) is 5.92 Å². The smallest absolute Gasteiger partial charge is 0.308 e. The summed E-state index contributed by atoms with van der Waals surface area (Å²) < 4.78 is 5.11. The summed E-state index contributed by atoms with van der Waals surface area (Å²) in [6.45, 7) is 4.30. The van der Waals surface area contributed by atoms with Crippen molar-refractivity contribution in [3.63, 3.8) is 0 Å². The van der Waals surface area contributed by atoms with Crippen LogP contribution in [0.1, 0.15) is 26.7 Å². The number of methoxy groups -OCH3 is 1. The van der Waals surface area contributed by atoms with Gasteiger partial charge in [0.15, 0.2) is 0 Å². The highest BCUT2D eigenvalue weighted by Gasteiger charge is 2.35. The van der Waals surface area contributed by atoms with Crippen molar-refractivity contribution in [1.82, 2.24) is 4.90 Å². The number of hydrogen-bond donors (Lipinski definition) is 1. The van der Waals surface area contributed by atoms with Crippen LogP contribution in [0.3, 0.4) is 0 Å². The fourth-order valence-corrected chi connectivity index (χ4v) is 1.83. The summed E-state index contributed by atoms with van der Waals surface area (Å²) in [5.74, 6) is -1.40. The molecule has 1 amide bonds. The lowest BCUT2D eigenvalue weighted by Crippen LogP contribution is -2.51. The number of ether oxygens (including phenoxy) is 1. The van der Waals surface area contributed by atoms with Crippen molar-refractivity contribution in [2.45, 2.75) is 32.3 Å². The SMILES string of the molecule is COC(C)(C)C(=O)N1CCCC(C(=O)O)C1. The number of rotatable bonds is 3. The van der Waals surface area contributed by atoms with Crippen LogP contribution in [0.5, 0.6) is 0 Å². The molecule has 1 unspecified atom stereocenters. The largest absolute Gasteiger partial charge is 0.481 e. The normalized spacial score (nSPS) is 21.9. The highest BCUT2D eigenvalue weighted by molar-refractivity contribution is 5.85. The lowest BCUT2D eigenvalue weighted by atomic mass is 9.96. The first-order valence-electron chi connectivity index (χ1n) is 5.46. The van der Waals surface area contributed by atoms with Gasteiger partial charge in [-0.1, -0.05) is 0 Å². The number of aliphatic carboxylic acids is 1. The first-order chi connectivity index (χ1) is 7.38. The Kier molecular flexibility index (Phi) is 3.91. The number of carbonyl (C=O) groups is 2. The third-order valence-corrected chi connectivity index (χ3v) is 3.08. The van der Waals surface area contributed by atoms with Gasteiger partial charge in [0.05, 0.1) is 5.92 Å². The molecule has 16 heavy (non-hydrogen) atoms. The average Bonchev–Trinajstić information content (AvgIpc) is 2.28. The van der Waals surface area contributed by atoms with Gasteiger partial charge in [0.1, 0.15) is 5.60 Å². The van der Waals surface area contributed by atoms with Crippen molar-refractivity contribution in [3.05, 3.63) is 0 Å². The number of piperidine rings is 1. The van der Waals surface area contributed by atoms with Gasteiger partial charge in [-0.05, 0) is 26.7 Å². The maximum absolute atomic E-state index is 12.0. The van der Waals surface area contributed by atoms with E-state index in [9.17, 15) is 9.59 Å². The van der Waals surface area contributed by atoms with E-state index in [2.05, 4.69) is 0 Å². The summed E-state index contributed by atoms with van der Waals surface area (Å²) in [5.41, 5.74) is -0.875. The quantitative estimate of drug-likeness (QED) is 0.775. The Labute approximate surface area is 95.4 Å². The van der Waals surface area contributed by atoms with Crippen molar-refractivity contribution in [1.29, 1.82) is 0 Å². The molecule has 5 nitrogen and oxygen atoms in total. The fourth-order valence-electron chi connectivity index (χ4n) is 1.83. The Balaban J connectivity index is 2.67. The average molecular weight is 229 g/mol.